The summed E-state index contributed by atoms with van der Waals surface area (Å²) in [5, 5.41) is 0. The fraction of sp³-hybridized carbons (Fsp3) is 0.483. The molecule has 0 radical (unpaired) electrons. The van der Waals surface area contributed by atoms with E-state index in [4.69, 9.17) is 9.40 Å². The molecule has 0 N–H and O–H groups in total. The van der Waals surface area contributed by atoms with Crippen LogP contribution in [0.1, 0.15) is 67.2 Å². The van der Waals surface area contributed by atoms with Crippen LogP contribution in [0.2, 0.25) is 0 Å². The van der Waals surface area contributed by atoms with E-state index >= 15 is 0 Å². The molecule has 1 saturated carbocycles. The average molecular weight is 464 g/mol. The minimum absolute atomic E-state index is 0.279. The number of benzene rings is 2. The van der Waals surface area contributed by atoms with Gasteiger partial charge in [-0.25, -0.2) is 4.98 Å². The number of nitrogens with zero attached hydrogens (tertiary/aromatic N) is 2. The van der Waals surface area contributed by atoms with Crippen molar-refractivity contribution < 1.29 is 8.90 Å². The number of quaternary nitrogens is 1. The minimum atomic E-state index is 0.279. The third-order valence-electron chi connectivity index (χ3n) is 6.90. The second kappa shape index (κ2) is 11.4. The van der Waals surface area contributed by atoms with Crippen LogP contribution in [-0.2, 0) is 6.54 Å². The Morgan fingerprint density at radius 2 is 1.73 bits per heavy atom. The Labute approximate surface area is 204 Å². The van der Waals surface area contributed by atoms with E-state index in [2.05, 4.69) is 75.6 Å². The van der Waals surface area contributed by atoms with Crippen LogP contribution < -0.4 is 0 Å². The maximum absolute atomic E-state index is 6.44. The molecule has 1 fully saturated rings. The van der Waals surface area contributed by atoms with Gasteiger partial charge in [-0.1, -0.05) is 67.3 Å². The van der Waals surface area contributed by atoms with Crippen molar-refractivity contribution in [3.05, 3.63) is 83.6 Å². The van der Waals surface area contributed by atoms with Crippen molar-refractivity contribution in [3.8, 4) is 0 Å². The minimum Gasteiger partial charge on any atom is -0.439 e. The van der Waals surface area contributed by atoms with Gasteiger partial charge in [-0.15, -0.1) is 11.8 Å². The molecule has 3 aromatic rings. The number of aryl methyl sites for hydroxylation is 1. The maximum Gasteiger partial charge on any atom is 0.202 e. The molecule has 1 heterocycles. The highest BCUT2D eigenvalue weighted by Crippen LogP contribution is 2.40. The van der Waals surface area contributed by atoms with Gasteiger partial charge >= 0.3 is 0 Å². The monoisotopic (exact) mass is 463 g/mol. The van der Waals surface area contributed by atoms with Gasteiger partial charge in [0.05, 0.1) is 32.8 Å². The summed E-state index contributed by atoms with van der Waals surface area (Å²) in [6.45, 7) is 4.15. The molecule has 1 atom stereocenters. The third kappa shape index (κ3) is 6.97. The normalized spacial score (nSPS) is 16.1. The summed E-state index contributed by atoms with van der Waals surface area (Å²) in [5.41, 5.74) is 2.67. The summed E-state index contributed by atoms with van der Waals surface area (Å²) in [4.78, 5) is 6.18. The molecule has 33 heavy (non-hydrogen) atoms. The predicted molar refractivity (Wildman–Crippen MR) is 139 cm³/mol. The zero-order chi connectivity index (χ0) is 23.1. The highest BCUT2D eigenvalue weighted by molar-refractivity contribution is 7.99. The largest absolute Gasteiger partial charge is 0.439 e. The Kier molecular flexibility index (Phi) is 8.32. The van der Waals surface area contributed by atoms with Gasteiger partial charge in [-0.05, 0) is 43.4 Å². The van der Waals surface area contributed by atoms with Crippen LogP contribution in [0, 0.1) is 12.8 Å². The first-order valence-electron chi connectivity index (χ1n) is 12.5. The lowest BCUT2D eigenvalue weighted by atomic mass is 9.77. The third-order valence-corrected chi connectivity index (χ3v) is 8.00. The zero-order valence-corrected chi connectivity index (χ0v) is 21.3. The number of thioether (sulfide) groups is 1. The average Bonchev–Trinajstić information content (AvgIpc) is 3.26. The lowest BCUT2D eigenvalue weighted by molar-refractivity contribution is -0.904. The standard InChI is InChI=1S/C29H39N2OS/c1-23-15-17-27(18-16-23)33-20-10-19-31(2,3)22-26-21-30-29(32-26)28(24-11-6-4-7-12-24)25-13-8-5-9-14-25/h4,6-7,11-12,15-18,21,25,28H,5,8-10,13-14,19-20,22H2,1-3H3/q+1. The van der Waals surface area contributed by atoms with Gasteiger partial charge in [-0.3, -0.25) is 0 Å². The molecule has 1 aromatic heterocycles. The van der Waals surface area contributed by atoms with Gasteiger partial charge in [0.25, 0.3) is 0 Å². The summed E-state index contributed by atoms with van der Waals surface area (Å²) in [5.74, 6) is 3.98. The van der Waals surface area contributed by atoms with Crippen molar-refractivity contribution in [2.24, 2.45) is 5.92 Å². The van der Waals surface area contributed by atoms with Gasteiger partial charge < -0.3 is 8.90 Å². The molecule has 0 aliphatic heterocycles. The first-order chi connectivity index (χ1) is 16.0. The van der Waals surface area contributed by atoms with Crippen LogP contribution in [0.3, 0.4) is 0 Å². The van der Waals surface area contributed by atoms with E-state index in [1.807, 2.05) is 18.0 Å². The van der Waals surface area contributed by atoms with E-state index in [-0.39, 0.29) is 5.92 Å². The Morgan fingerprint density at radius 1 is 1.00 bits per heavy atom. The molecule has 0 saturated heterocycles. The van der Waals surface area contributed by atoms with Gasteiger partial charge in [0, 0.05) is 17.1 Å². The summed E-state index contributed by atoms with van der Waals surface area (Å²) in [6.07, 6.45) is 9.73. The molecule has 0 amide bonds. The van der Waals surface area contributed by atoms with Crippen molar-refractivity contribution in [1.82, 2.24) is 4.98 Å². The van der Waals surface area contributed by atoms with Crippen LogP contribution in [0.25, 0.3) is 0 Å². The Morgan fingerprint density at radius 3 is 2.45 bits per heavy atom. The Hall–Kier alpha value is -2.04. The fourth-order valence-corrected chi connectivity index (χ4v) is 5.94. The van der Waals surface area contributed by atoms with Gasteiger partial charge in [-0.2, -0.15) is 0 Å². The molecular weight excluding hydrogens is 424 g/mol. The molecule has 1 aliphatic carbocycles. The lowest BCUT2D eigenvalue weighted by Crippen LogP contribution is -2.39. The van der Waals surface area contributed by atoms with Crippen molar-refractivity contribution in [1.29, 1.82) is 0 Å². The second-order valence-corrected chi connectivity index (χ2v) is 11.5. The molecule has 0 spiro atoms. The van der Waals surface area contributed by atoms with Crippen molar-refractivity contribution in [3.63, 3.8) is 0 Å². The fourth-order valence-electron chi connectivity index (χ4n) is 5.10. The number of oxazole rings is 1. The SMILES string of the molecule is Cc1ccc(SCCC[N+](C)(C)Cc2cnc(C(c3ccccc3)C3CCCCC3)o2)cc1. The molecule has 1 unspecified atom stereocenters. The number of hydrogen-bond donors (Lipinski definition) is 0. The van der Waals surface area contributed by atoms with E-state index in [1.165, 1.54) is 54.5 Å². The number of rotatable bonds is 10. The van der Waals surface area contributed by atoms with Crippen LogP contribution >= 0.6 is 11.8 Å². The molecule has 4 heteroatoms. The maximum atomic E-state index is 6.44. The highest BCUT2D eigenvalue weighted by atomic mass is 32.2. The zero-order valence-electron chi connectivity index (χ0n) is 20.5. The van der Waals surface area contributed by atoms with Crippen molar-refractivity contribution in [2.75, 3.05) is 26.4 Å². The lowest BCUT2D eigenvalue weighted by Gasteiger charge is -2.29. The summed E-state index contributed by atoms with van der Waals surface area (Å²) in [6, 6.07) is 19.7. The van der Waals surface area contributed by atoms with E-state index in [1.54, 1.807) is 0 Å². The molecule has 176 valence electrons. The first kappa shape index (κ1) is 24.1. The van der Waals surface area contributed by atoms with E-state index in [9.17, 15) is 0 Å². The van der Waals surface area contributed by atoms with Crippen LogP contribution in [-0.4, -0.2) is 35.9 Å². The molecule has 3 nitrogen and oxygen atoms in total. The van der Waals surface area contributed by atoms with Gasteiger partial charge in [0.1, 0.15) is 6.54 Å². The van der Waals surface area contributed by atoms with Crippen molar-refractivity contribution >= 4 is 11.8 Å². The first-order valence-corrected chi connectivity index (χ1v) is 13.5. The van der Waals surface area contributed by atoms with Crippen LogP contribution in [0.15, 0.2) is 70.1 Å². The second-order valence-electron chi connectivity index (χ2n) is 10.3. The topological polar surface area (TPSA) is 26.0 Å². The van der Waals surface area contributed by atoms with Crippen LogP contribution in [0.4, 0.5) is 0 Å². The summed E-state index contributed by atoms with van der Waals surface area (Å²) < 4.78 is 7.36. The molecule has 2 aromatic carbocycles. The smallest absolute Gasteiger partial charge is 0.202 e. The molecule has 4 rings (SSSR count). The van der Waals surface area contributed by atoms with Crippen molar-refractivity contribution in [2.45, 2.75) is 62.8 Å². The van der Waals surface area contributed by atoms with Crippen LogP contribution in [0.5, 0.6) is 0 Å². The Balaban J connectivity index is 1.36. The number of hydrogen-bond acceptors (Lipinski definition) is 3. The van der Waals surface area contributed by atoms with E-state index in [0.29, 0.717) is 5.92 Å². The summed E-state index contributed by atoms with van der Waals surface area (Å²) in [7, 11) is 4.60. The predicted octanol–water partition coefficient (Wildman–Crippen LogP) is 7.45. The van der Waals surface area contributed by atoms with E-state index < -0.39 is 0 Å². The number of aromatic nitrogens is 1. The van der Waals surface area contributed by atoms with E-state index in [0.717, 1.165) is 35.0 Å². The van der Waals surface area contributed by atoms with Gasteiger partial charge in [0.2, 0.25) is 5.89 Å². The van der Waals surface area contributed by atoms with Gasteiger partial charge in [0.15, 0.2) is 5.76 Å². The molecule has 1 aliphatic rings. The highest BCUT2D eigenvalue weighted by Gasteiger charge is 2.31. The molecule has 0 bridgehead atoms. The quantitative estimate of drug-likeness (QED) is 0.177. The Bertz CT molecular complexity index is 974. The summed E-state index contributed by atoms with van der Waals surface area (Å²) >= 11 is 1.95. The molecular formula is C29H39N2OS+.